The second-order valence-electron chi connectivity index (χ2n) is 5.26. The van der Waals surface area contributed by atoms with E-state index in [1.807, 2.05) is 6.92 Å². The highest BCUT2D eigenvalue weighted by Gasteiger charge is 2.38. The number of hydrogen-bond acceptors (Lipinski definition) is 3. The average Bonchev–Trinajstić information content (AvgIpc) is 2.34. The molecule has 1 rings (SSSR count). The van der Waals surface area contributed by atoms with Crippen molar-refractivity contribution in [1.29, 1.82) is 0 Å². The first-order valence-electron chi connectivity index (χ1n) is 6.86. The number of rotatable bonds is 6. The summed E-state index contributed by atoms with van der Waals surface area (Å²) < 4.78 is 0. The summed E-state index contributed by atoms with van der Waals surface area (Å²) in [6, 6.07) is 0. The van der Waals surface area contributed by atoms with Crippen LogP contribution in [0.25, 0.3) is 0 Å². The minimum absolute atomic E-state index is 0.0161. The van der Waals surface area contributed by atoms with Crippen molar-refractivity contribution in [2.45, 2.75) is 57.4 Å². The Balaban J connectivity index is 2.69. The third kappa shape index (κ3) is 3.98. The van der Waals surface area contributed by atoms with Crippen LogP contribution in [0, 0.1) is 0 Å². The maximum absolute atomic E-state index is 12.5. The van der Waals surface area contributed by atoms with Crippen molar-refractivity contribution in [3.05, 3.63) is 0 Å². The van der Waals surface area contributed by atoms with E-state index in [0.29, 0.717) is 19.4 Å². The van der Waals surface area contributed by atoms with Crippen molar-refractivity contribution < 1.29 is 9.59 Å². The first-order valence-corrected chi connectivity index (χ1v) is 6.86. The molecule has 1 aliphatic carbocycles. The molecule has 4 N–H and O–H groups in total. The van der Waals surface area contributed by atoms with E-state index in [2.05, 4.69) is 0 Å². The summed E-state index contributed by atoms with van der Waals surface area (Å²) in [4.78, 5) is 25.0. The Hall–Kier alpha value is -1.10. The Kier molecular flexibility index (Phi) is 5.59. The standard InChI is InChI=1S/C13H25N3O2/c1-2-3-9-16(10-11(14)17)12(18)13(15)7-5-4-6-8-13/h2-10,15H2,1H3,(H2,14,17). The van der Waals surface area contributed by atoms with E-state index >= 15 is 0 Å². The summed E-state index contributed by atoms with van der Waals surface area (Å²) in [7, 11) is 0. The van der Waals surface area contributed by atoms with E-state index in [0.717, 1.165) is 32.1 Å². The van der Waals surface area contributed by atoms with E-state index in [1.54, 1.807) is 0 Å². The van der Waals surface area contributed by atoms with Crippen LogP contribution in [0.5, 0.6) is 0 Å². The molecule has 0 bridgehead atoms. The largest absolute Gasteiger partial charge is 0.368 e. The first kappa shape index (κ1) is 15.0. The van der Waals surface area contributed by atoms with Crippen molar-refractivity contribution in [3.63, 3.8) is 0 Å². The molecule has 18 heavy (non-hydrogen) atoms. The van der Waals surface area contributed by atoms with Gasteiger partial charge in [0.2, 0.25) is 11.8 Å². The summed E-state index contributed by atoms with van der Waals surface area (Å²) in [6.07, 6.45) is 6.38. The van der Waals surface area contributed by atoms with Crippen molar-refractivity contribution in [3.8, 4) is 0 Å². The molecule has 2 amide bonds. The Morgan fingerprint density at radius 1 is 1.22 bits per heavy atom. The predicted octanol–water partition coefficient (Wildman–Crippen LogP) is 0.762. The minimum Gasteiger partial charge on any atom is -0.368 e. The fraction of sp³-hybridized carbons (Fsp3) is 0.846. The molecule has 0 aromatic heterocycles. The van der Waals surface area contributed by atoms with Crippen LogP contribution in [0.15, 0.2) is 0 Å². The van der Waals surface area contributed by atoms with Gasteiger partial charge in [-0.25, -0.2) is 0 Å². The molecular weight excluding hydrogens is 230 g/mol. The molecule has 0 atom stereocenters. The molecule has 1 aliphatic rings. The molecule has 1 fully saturated rings. The Bertz CT molecular complexity index is 299. The Labute approximate surface area is 109 Å². The normalized spacial score (nSPS) is 18.3. The molecule has 0 heterocycles. The van der Waals surface area contributed by atoms with Crippen LogP contribution in [0.1, 0.15) is 51.9 Å². The van der Waals surface area contributed by atoms with Crippen LogP contribution in [0.3, 0.4) is 0 Å². The van der Waals surface area contributed by atoms with E-state index < -0.39 is 11.4 Å². The van der Waals surface area contributed by atoms with E-state index in [1.165, 1.54) is 4.90 Å². The summed E-state index contributed by atoms with van der Waals surface area (Å²) in [5, 5.41) is 0. The Morgan fingerprint density at radius 3 is 2.33 bits per heavy atom. The molecule has 0 aromatic carbocycles. The molecule has 0 unspecified atom stereocenters. The molecule has 0 aliphatic heterocycles. The summed E-state index contributed by atoms with van der Waals surface area (Å²) in [5.74, 6) is -0.576. The minimum atomic E-state index is -0.776. The highest BCUT2D eigenvalue weighted by Crippen LogP contribution is 2.27. The molecule has 104 valence electrons. The van der Waals surface area contributed by atoms with E-state index in [4.69, 9.17) is 11.5 Å². The van der Waals surface area contributed by atoms with Gasteiger partial charge in [-0.2, -0.15) is 0 Å². The van der Waals surface area contributed by atoms with Gasteiger partial charge in [-0.15, -0.1) is 0 Å². The zero-order chi connectivity index (χ0) is 13.6. The van der Waals surface area contributed by atoms with Crippen LogP contribution in [-0.2, 0) is 9.59 Å². The zero-order valence-electron chi connectivity index (χ0n) is 11.3. The number of hydrogen-bond donors (Lipinski definition) is 2. The number of nitrogens with zero attached hydrogens (tertiary/aromatic N) is 1. The summed E-state index contributed by atoms with van der Waals surface area (Å²) in [6.45, 7) is 2.60. The van der Waals surface area contributed by atoms with E-state index in [-0.39, 0.29) is 12.5 Å². The van der Waals surface area contributed by atoms with Gasteiger partial charge in [-0.05, 0) is 19.3 Å². The lowest BCUT2D eigenvalue weighted by molar-refractivity contribution is -0.141. The molecule has 0 aromatic rings. The molecule has 0 spiro atoms. The quantitative estimate of drug-likeness (QED) is 0.734. The third-order valence-electron chi connectivity index (χ3n) is 3.59. The van der Waals surface area contributed by atoms with Gasteiger partial charge in [-0.3, -0.25) is 9.59 Å². The number of nitrogens with two attached hydrogens (primary N) is 2. The SMILES string of the molecule is CCCCN(CC(N)=O)C(=O)C1(N)CCCCC1. The second-order valence-corrected chi connectivity index (χ2v) is 5.26. The highest BCUT2D eigenvalue weighted by atomic mass is 16.2. The van der Waals surface area contributed by atoms with Gasteiger partial charge in [0.15, 0.2) is 0 Å². The molecule has 0 saturated heterocycles. The number of carbonyl (C=O) groups excluding carboxylic acids is 2. The molecule has 1 saturated carbocycles. The maximum Gasteiger partial charge on any atom is 0.243 e. The summed E-state index contributed by atoms with van der Waals surface area (Å²) >= 11 is 0. The topological polar surface area (TPSA) is 89.4 Å². The Morgan fingerprint density at radius 2 is 1.83 bits per heavy atom. The number of amides is 2. The smallest absolute Gasteiger partial charge is 0.243 e. The molecule has 0 radical (unpaired) electrons. The number of unbranched alkanes of at least 4 members (excludes halogenated alkanes) is 1. The van der Waals surface area contributed by atoms with Crippen molar-refractivity contribution in [2.75, 3.05) is 13.1 Å². The fourth-order valence-corrected chi connectivity index (χ4v) is 2.50. The van der Waals surface area contributed by atoms with Gasteiger partial charge in [0, 0.05) is 6.54 Å². The second kappa shape index (κ2) is 6.73. The summed E-state index contributed by atoms with van der Waals surface area (Å²) in [5.41, 5.74) is 10.6. The van der Waals surface area contributed by atoms with Crippen LogP contribution < -0.4 is 11.5 Å². The lowest BCUT2D eigenvalue weighted by Gasteiger charge is -2.36. The molecule has 5 heteroatoms. The fourth-order valence-electron chi connectivity index (χ4n) is 2.50. The van der Waals surface area contributed by atoms with Crippen molar-refractivity contribution in [1.82, 2.24) is 4.90 Å². The van der Waals surface area contributed by atoms with Crippen LogP contribution in [-0.4, -0.2) is 35.3 Å². The van der Waals surface area contributed by atoms with Gasteiger partial charge >= 0.3 is 0 Å². The highest BCUT2D eigenvalue weighted by molar-refractivity contribution is 5.89. The zero-order valence-corrected chi connectivity index (χ0v) is 11.3. The van der Waals surface area contributed by atoms with Crippen LogP contribution >= 0.6 is 0 Å². The predicted molar refractivity (Wildman–Crippen MR) is 70.7 cm³/mol. The average molecular weight is 255 g/mol. The van der Waals surface area contributed by atoms with Gasteiger partial charge in [-0.1, -0.05) is 32.6 Å². The van der Waals surface area contributed by atoms with Gasteiger partial charge in [0.25, 0.3) is 0 Å². The molecule has 5 nitrogen and oxygen atoms in total. The van der Waals surface area contributed by atoms with Gasteiger partial charge in [0.05, 0.1) is 12.1 Å². The van der Waals surface area contributed by atoms with Gasteiger partial charge < -0.3 is 16.4 Å². The number of primary amides is 1. The van der Waals surface area contributed by atoms with Gasteiger partial charge in [0.1, 0.15) is 0 Å². The van der Waals surface area contributed by atoms with Crippen molar-refractivity contribution in [2.24, 2.45) is 11.5 Å². The third-order valence-corrected chi connectivity index (χ3v) is 3.59. The maximum atomic E-state index is 12.5. The van der Waals surface area contributed by atoms with Crippen molar-refractivity contribution >= 4 is 11.8 Å². The lowest BCUT2D eigenvalue weighted by Crippen LogP contribution is -2.57. The molecular formula is C13H25N3O2. The first-order chi connectivity index (χ1) is 8.49. The van der Waals surface area contributed by atoms with Crippen LogP contribution in [0.4, 0.5) is 0 Å². The monoisotopic (exact) mass is 255 g/mol. The van der Waals surface area contributed by atoms with Crippen LogP contribution in [0.2, 0.25) is 0 Å². The lowest BCUT2D eigenvalue weighted by atomic mass is 9.81. The van der Waals surface area contributed by atoms with E-state index in [9.17, 15) is 9.59 Å². The number of carbonyl (C=O) groups is 2.